The number of aromatic nitrogens is 1. The number of nitrogens with zero attached hydrogens (tertiary/aromatic N) is 2. The summed E-state index contributed by atoms with van der Waals surface area (Å²) in [7, 11) is 0. The molecule has 0 aliphatic rings. The van der Waals surface area contributed by atoms with Crippen molar-refractivity contribution in [1.29, 1.82) is 0 Å². The zero-order chi connectivity index (χ0) is 15.4. The van der Waals surface area contributed by atoms with Gasteiger partial charge in [-0.15, -0.1) is 0 Å². The Morgan fingerprint density at radius 3 is 2.86 bits per heavy atom. The maximum absolute atomic E-state index is 11.1. The summed E-state index contributed by atoms with van der Waals surface area (Å²) in [6.45, 7) is 2.51. The summed E-state index contributed by atoms with van der Waals surface area (Å²) >= 11 is 5.82. The van der Waals surface area contributed by atoms with Gasteiger partial charge in [-0.3, -0.25) is 10.1 Å². The minimum Gasteiger partial charge on any atom is -0.349 e. The molecule has 5 nitrogen and oxygen atoms in total. The first-order valence-electron chi connectivity index (χ1n) is 6.85. The molecule has 0 bridgehead atoms. The van der Waals surface area contributed by atoms with Gasteiger partial charge in [-0.2, -0.15) is 0 Å². The summed E-state index contributed by atoms with van der Waals surface area (Å²) in [6.07, 6.45) is 5.78. The molecule has 1 aromatic heterocycles. The van der Waals surface area contributed by atoms with Gasteiger partial charge in [0.2, 0.25) is 0 Å². The molecule has 1 heterocycles. The second kappa shape index (κ2) is 6.74. The van der Waals surface area contributed by atoms with Crippen LogP contribution in [0.1, 0.15) is 36.9 Å². The van der Waals surface area contributed by atoms with Crippen LogP contribution in [0.4, 0.5) is 5.69 Å². The zero-order valence-corrected chi connectivity index (χ0v) is 12.6. The molecular weight excluding hydrogens is 290 g/mol. The van der Waals surface area contributed by atoms with Crippen LogP contribution in [0.3, 0.4) is 0 Å². The Bertz CT molecular complexity index is 640. The van der Waals surface area contributed by atoms with E-state index in [1.54, 1.807) is 12.1 Å². The number of halogens is 1. The van der Waals surface area contributed by atoms with Crippen LogP contribution in [-0.2, 0) is 6.54 Å². The van der Waals surface area contributed by atoms with E-state index in [0.29, 0.717) is 17.1 Å². The molecule has 1 aromatic carbocycles. The topological polar surface area (TPSA) is 74.1 Å². The molecule has 6 heteroatoms. The molecule has 21 heavy (non-hydrogen) atoms. The molecule has 0 saturated carbocycles. The molecule has 1 unspecified atom stereocenters. The second-order valence-corrected chi connectivity index (χ2v) is 5.48. The lowest BCUT2D eigenvalue weighted by Crippen LogP contribution is -2.09. The van der Waals surface area contributed by atoms with Crippen LogP contribution in [0.25, 0.3) is 0 Å². The van der Waals surface area contributed by atoms with Gasteiger partial charge in [0, 0.05) is 35.1 Å². The Kier molecular flexibility index (Phi) is 4.98. The smallest absolute Gasteiger partial charge is 0.275 e. The minimum atomic E-state index is -0.408. The molecular formula is C15H18ClN3O2. The number of benzene rings is 1. The van der Waals surface area contributed by atoms with E-state index in [9.17, 15) is 10.1 Å². The number of hydrogen-bond donors (Lipinski definition) is 1. The van der Waals surface area contributed by atoms with Crippen LogP contribution in [0, 0.1) is 10.1 Å². The van der Waals surface area contributed by atoms with Gasteiger partial charge in [0.15, 0.2) is 0 Å². The molecule has 0 radical (unpaired) electrons. The molecule has 0 spiro atoms. The molecule has 112 valence electrons. The van der Waals surface area contributed by atoms with Crippen LogP contribution >= 0.6 is 11.6 Å². The van der Waals surface area contributed by atoms with Crippen molar-refractivity contribution in [2.75, 3.05) is 0 Å². The van der Waals surface area contributed by atoms with Gasteiger partial charge >= 0.3 is 0 Å². The lowest BCUT2D eigenvalue weighted by Gasteiger charge is -2.08. The number of nitro groups is 1. The number of rotatable bonds is 6. The molecule has 0 aliphatic carbocycles. The van der Waals surface area contributed by atoms with Crippen molar-refractivity contribution >= 4 is 17.3 Å². The molecule has 2 aromatic rings. The first-order valence-corrected chi connectivity index (χ1v) is 7.23. The van der Waals surface area contributed by atoms with Crippen molar-refractivity contribution in [2.24, 2.45) is 5.73 Å². The van der Waals surface area contributed by atoms with Gasteiger partial charge < -0.3 is 10.3 Å². The van der Waals surface area contributed by atoms with Crippen LogP contribution < -0.4 is 5.73 Å². The van der Waals surface area contributed by atoms with Crippen molar-refractivity contribution in [1.82, 2.24) is 4.57 Å². The zero-order valence-electron chi connectivity index (χ0n) is 11.8. The molecule has 1 atom stereocenters. The standard InChI is InChI=1S/C15H18ClN3O2/c1-2-3-14(17)11-6-7-18(9-11)10-12-4-5-13(16)8-15(12)19(20)21/h4-9,14H,2-3,10,17H2,1H3. The predicted molar refractivity (Wildman–Crippen MR) is 83.5 cm³/mol. The molecule has 0 aliphatic heterocycles. The van der Waals surface area contributed by atoms with Gasteiger partial charge in [0.05, 0.1) is 11.5 Å². The molecule has 2 N–H and O–H groups in total. The van der Waals surface area contributed by atoms with Crippen molar-refractivity contribution in [3.8, 4) is 0 Å². The average molecular weight is 308 g/mol. The van der Waals surface area contributed by atoms with Gasteiger partial charge in [-0.05, 0) is 30.2 Å². The summed E-state index contributed by atoms with van der Waals surface area (Å²) in [6, 6.07) is 6.70. The lowest BCUT2D eigenvalue weighted by molar-refractivity contribution is -0.385. The van der Waals surface area contributed by atoms with E-state index in [0.717, 1.165) is 18.4 Å². The monoisotopic (exact) mass is 307 g/mol. The fourth-order valence-electron chi connectivity index (χ4n) is 2.29. The summed E-state index contributed by atoms with van der Waals surface area (Å²) in [5, 5.41) is 11.4. The minimum absolute atomic E-state index is 0.0106. The van der Waals surface area contributed by atoms with Crippen molar-refractivity contribution in [3.63, 3.8) is 0 Å². The Labute approximate surface area is 128 Å². The quantitative estimate of drug-likeness (QED) is 0.649. The second-order valence-electron chi connectivity index (χ2n) is 5.04. The van der Waals surface area contributed by atoms with Crippen LogP contribution in [0.5, 0.6) is 0 Å². The average Bonchev–Trinajstić information content (AvgIpc) is 2.89. The van der Waals surface area contributed by atoms with Crippen molar-refractivity contribution < 1.29 is 4.92 Å². The van der Waals surface area contributed by atoms with E-state index in [2.05, 4.69) is 6.92 Å². The first-order chi connectivity index (χ1) is 10.0. The third-order valence-electron chi connectivity index (χ3n) is 3.40. The summed E-state index contributed by atoms with van der Waals surface area (Å²) in [4.78, 5) is 10.7. The van der Waals surface area contributed by atoms with Gasteiger partial charge in [0.25, 0.3) is 5.69 Å². The fraction of sp³-hybridized carbons (Fsp3) is 0.333. The van der Waals surface area contributed by atoms with Crippen molar-refractivity contribution in [3.05, 3.63) is 62.9 Å². The fourth-order valence-corrected chi connectivity index (χ4v) is 2.46. The SMILES string of the molecule is CCCC(N)c1ccn(Cc2ccc(Cl)cc2[N+](=O)[O-])c1. The predicted octanol–water partition coefficient (Wildman–Crippen LogP) is 3.90. The Morgan fingerprint density at radius 2 is 2.19 bits per heavy atom. The van der Waals surface area contributed by atoms with Gasteiger partial charge in [0.1, 0.15) is 0 Å². The highest BCUT2D eigenvalue weighted by molar-refractivity contribution is 6.30. The summed E-state index contributed by atoms with van der Waals surface area (Å²) in [5.41, 5.74) is 7.78. The summed E-state index contributed by atoms with van der Waals surface area (Å²) < 4.78 is 1.90. The Balaban J connectivity index is 2.21. The third kappa shape index (κ3) is 3.83. The highest BCUT2D eigenvalue weighted by Crippen LogP contribution is 2.25. The summed E-state index contributed by atoms with van der Waals surface area (Å²) in [5.74, 6) is 0. The van der Waals surface area contributed by atoms with Gasteiger partial charge in [-0.25, -0.2) is 0 Å². The van der Waals surface area contributed by atoms with Gasteiger partial charge in [-0.1, -0.05) is 24.9 Å². The van der Waals surface area contributed by atoms with Crippen LogP contribution in [-0.4, -0.2) is 9.49 Å². The Hall–Kier alpha value is -1.85. The normalized spacial score (nSPS) is 12.3. The van der Waals surface area contributed by atoms with E-state index >= 15 is 0 Å². The van der Waals surface area contributed by atoms with Crippen LogP contribution in [0.15, 0.2) is 36.7 Å². The van der Waals surface area contributed by atoms with E-state index in [1.807, 2.05) is 23.0 Å². The highest BCUT2D eigenvalue weighted by atomic mass is 35.5. The maximum Gasteiger partial charge on any atom is 0.275 e. The van der Waals surface area contributed by atoms with E-state index in [4.69, 9.17) is 17.3 Å². The van der Waals surface area contributed by atoms with E-state index in [1.165, 1.54) is 6.07 Å². The number of nitrogens with two attached hydrogens (primary N) is 1. The molecule has 0 amide bonds. The third-order valence-corrected chi connectivity index (χ3v) is 3.63. The van der Waals surface area contributed by atoms with Crippen LogP contribution in [0.2, 0.25) is 5.02 Å². The molecule has 0 fully saturated rings. The molecule has 2 rings (SSSR count). The molecule has 0 saturated heterocycles. The largest absolute Gasteiger partial charge is 0.349 e. The number of hydrogen-bond acceptors (Lipinski definition) is 3. The Morgan fingerprint density at radius 1 is 1.43 bits per heavy atom. The highest BCUT2D eigenvalue weighted by Gasteiger charge is 2.15. The first kappa shape index (κ1) is 15.5. The number of nitro benzene ring substituents is 1. The van der Waals surface area contributed by atoms with E-state index in [-0.39, 0.29) is 11.7 Å². The lowest BCUT2D eigenvalue weighted by atomic mass is 10.1. The van der Waals surface area contributed by atoms with E-state index < -0.39 is 4.92 Å². The maximum atomic E-state index is 11.1. The van der Waals surface area contributed by atoms with Crippen molar-refractivity contribution in [2.45, 2.75) is 32.4 Å².